The predicted molar refractivity (Wildman–Crippen MR) is 55.1 cm³/mol. The maximum atomic E-state index is 5.76. The lowest BCUT2D eigenvalue weighted by atomic mass is 9.92. The molecule has 1 fully saturated rings. The molecule has 2 N–H and O–H groups in total. The monoisotopic (exact) mass is 194 g/mol. The summed E-state index contributed by atoms with van der Waals surface area (Å²) in [4.78, 5) is 0. The second-order valence-corrected chi connectivity index (χ2v) is 4.76. The minimum absolute atomic E-state index is 0.0656. The van der Waals surface area contributed by atoms with Crippen LogP contribution >= 0.6 is 0 Å². The van der Waals surface area contributed by atoms with Crippen molar-refractivity contribution in [1.29, 1.82) is 0 Å². The van der Waals surface area contributed by atoms with Crippen molar-refractivity contribution in [3.05, 3.63) is 11.6 Å². The number of nitrogens with zero attached hydrogens (tertiary/aromatic N) is 3. The highest BCUT2D eigenvalue weighted by molar-refractivity contribution is 5.11. The molecule has 0 unspecified atom stereocenters. The molecular weight excluding hydrogens is 176 g/mol. The summed E-state index contributed by atoms with van der Waals surface area (Å²) < 4.78 is 2.26. The Kier molecular flexibility index (Phi) is 2.10. The summed E-state index contributed by atoms with van der Waals surface area (Å²) in [5.74, 6) is 2.06. The first-order valence-corrected chi connectivity index (χ1v) is 5.18. The number of rotatable bonds is 3. The third-order valence-corrected chi connectivity index (χ3v) is 2.89. The largest absolute Gasteiger partial charge is 0.329 e. The van der Waals surface area contributed by atoms with Crippen molar-refractivity contribution in [3.8, 4) is 0 Å². The van der Waals surface area contributed by atoms with Crippen LogP contribution in [0.5, 0.6) is 0 Å². The van der Waals surface area contributed by atoms with Gasteiger partial charge >= 0.3 is 0 Å². The van der Waals surface area contributed by atoms with E-state index in [9.17, 15) is 0 Å². The summed E-state index contributed by atoms with van der Waals surface area (Å²) in [6, 6.07) is 0.630. The Morgan fingerprint density at radius 3 is 2.57 bits per heavy atom. The van der Waals surface area contributed by atoms with Gasteiger partial charge in [-0.15, -0.1) is 10.2 Å². The van der Waals surface area contributed by atoms with Crippen molar-refractivity contribution < 1.29 is 0 Å². The van der Waals surface area contributed by atoms with Gasteiger partial charge in [0.15, 0.2) is 0 Å². The predicted octanol–water partition coefficient (Wildman–Crippen LogP) is 1.16. The molecule has 0 saturated heterocycles. The highest BCUT2D eigenvalue weighted by atomic mass is 15.3. The van der Waals surface area contributed by atoms with E-state index in [-0.39, 0.29) is 5.41 Å². The van der Waals surface area contributed by atoms with Gasteiger partial charge in [-0.1, -0.05) is 13.8 Å². The van der Waals surface area contributed by atoms with E-state index in [0.717, 1.165) is 11.6 Å². The van der Waals surface area contributed by atoms with Crippen LogP contribution < -0.4 is 5.73 Å². The zero-order valence-corrected chi connectivity index (χ0v) is 9.12. The molecule has 4 heteroatoms. The summed E-state index contributed by atoms with van der Waals surface area (Å²) >= 11 is 0. The molecule has 0 amide bonds. The maximum Gasteiger partial charge on any atom is 0.140 e. The smallest absolute Gasteiger partial charge is 0.140 e. The second-order valence-electron chi connectivity index (χ2n) is 4.76. The molecule has 4 nitrogen and oxygen atoms in total. The Bertz CT molecular complexity index is 336. The van der Waals surface area contributed by atoms with Gasteiger partial charge in [-0.2, -0.15) is 0 Å². The van der Waals surface area contributed by atoms with E-state index in [4.69, 9.17) is 5.73 Å². The standard InChI is InChI=1S/C10H18N4/c1-7-12-13-9(10(2,3)6-11)14(7)8-4-5-8/h8H,4-6,11H2,1-3H3. The van der Waals surface area contributed by atoms with Crippen molar-refractivity contribution >= 4 is 0 Å². The molecule has 1 aromatic rings. The van der Waals surface area contributed by atoms with Crippen LogP contribution in [0.1, 0.15) is 44.4 Å². The van der Waals surface area contributed by atoms with Crippen LogP contribution in [0, 0.1) is 6.92 Å². The fraction of sp³-hybridized carbons (Fsp3) is 0.800. The van der Waals surface area contributed by atoms with Crippen LogP contribution in [-0.2, 0) is 5.41 Å². The topological polar surface area (TPSA) is 56.7 Å². The van der Waals surface area contributed by atoms with Crippen molar-refractivity contribution in [2.24, 2.45) is 5.73 Å². The molecule has 78 valence electrons. The minimum atomic E-state index is -0.0656. The zero-order valence-electron chi connectivity index (χ0n) is 9.12. The van der Waals surface area contributed by atoms with Gasteiger partial charge in [-0.25, -0.2) is 0 Å². The van der Waals surface area contributed by atoms with Gasteiger partial charge < -0.3 is 10.3 Å². The maximum absolute atomic E-state index is 5.76. The molecule has 0 aromatic carbocycles. The average Bonchev–Trinajstić information content (AvgIpc) is 2.90. The second kappa shape index (κ2) is 3.05. The van der Waals surface area contributed by atoms with Gasteiger partial charge in [0.2, 0.25) is 0 Å². The van der Waals surface area contributed by atoms with Gasteiger partial charge in [-0.05, 0) is 19.8 Å². The molecule has 2 rings (SSSR count). The third kappa shape index (κ3) is 1.43. The Morgan fingerprint density at radius 1 is 1.43 bits per heavy atom. The Labute approximate surface area is 84.5 Å². The lowest BCUT2D eigenvalue weighted by molar-refractivity contribution is 0.465. The third-order valence-electron chi connectivity index (χ3n) is 2.89. The highest BCUT2D eigenvalue weighted by Crippen LogP contribution is 2.38. The first-order valence-electron chi connectivity index (χ1n) is 5.18. The van der Waals surface area contributed by atoms with Crippen molar-refractivity contribution in [3.63, 3.8) is 0 Å². The molecule has 0 aliphatic heterocycles. The average molecular weight is 194 g/mol. The van der Waals surface area contributed by atoms with Gasteiger partial charge in [0.05, 0.1) is 0 Å². The summed E-state index contributed by atoms with van der Waals surface area (Å²) in [5, 5.41) is 8.40. The lowest BCUT2D eigenvalue weighted by Crippen LogP contribution is -2.31. The number of aromatic nitrogens is 3. The molecule has 0 radical (unpaired) electrons. The first-order chi connectivity index (χ1) is 6.56. The van der Waals surface area contributed by atoms with Gasteiger partial charge in [0.25, 0.3) is 0 Å². The SMILES string of the molecule is Cc1nnc(C(C)(C)CN)n1C1CC1. The van der Waals surface area contributed by atoms with Crippen molar-refractivity contribution in [1.82, 2.24) is 14.8 Å². The summed E-state index contributed by atoms with van der Waals surface area (Å²) in [7, 11) is 0. The fourth-order valence-corrected chi connectivity index (χ4v) is 1.69. The number of aryl methyl sites for hydroxylation is 1. The molecular formula is C10H18N4. The van der Waals surface area contributed by atoms with Gasteiger partial charge in [-0.3, -0.25) is 0 Å². The van der Waals surface area contributed by atoms with Crippen molar-refractivity contribution in [2.45, 2.75) is 45.1 Å². The summed E-state index contributed by atoms with van der Waals surface area (Å²) in [6.45, 7) is 6.87. The number of nitrogens with two attached hydrogens (primary N) is 1. The number of hydrogen-bond acceptors (Lipinski definition) is 3. The molecule has 14 heavy (non-hydrogen) atoms. The van der Waals surface area contributed by atoms with Crippen LogP contribution in [0.15, 0.2) is 0 Å². The molecule has 1 heterocycles. The Balaban J connectivity index is 2.42. The molecule has 1 aliphatic rings. The van der Waals surface area contributed by atoms with E-state index < -0.39 is 0 Å². The molecule has 1 saturated carbocycles. The van der Waals surface area contributed by atoms with E-state index in [1.807, 2.05) is 6.92 Å². The first kappa shape index (κ1) is 9.65. The van der Waals surface area contributed by atoms with E-state index in [1.165, 1.54) is 12.8 Å². The summed E-state index contributed by atoms with van der Waals surface area (Å²) in [5.41, 5.74) is 5.69. The van der Waals surface area contributed by atoms with Gasteiger partial charge in [0.1, 0.15) is 11.6 Å². The number of hydrogen-bond donors (Lipinski definition) is 1. The van der Waals surface area contributed by atoms with Crippen LogP contribution in [0.3, 0.4) is 0 Å². The Hall–Kier alpha value is -0.900. The minimum Gasteiger partial charge on any atom is -0.329 e. The van der Waals surface area contributed by atoms with Crippen LogP contribution in [0.2, 0.25) is 0 Å². The quantitative estimate of drug-likeness (QED) is 0.785. The van der Waals surface area contributed by atoms with Crippen LogP contribution in [0.25, 0.3) is 0 Å². The fourth-order valence-electron chi connectivity index (χ4n) is 1.69. The van der Waals surface area contributed by atoms with Crippen LogP contribution in [-0.4, -0.2) is 21.3 Å². The normalized spacial score (nSPS) is 17.4. The lowest BCUT2D eigenvalue weighted by Gasteiger charge is -2.22. The highest BCUT2D eigenvalue weighted by Gasteiger charge is 2.33. The zero-order chi connectivity index (χ0) is 10.3. The molecule has 0 bridgehead atoms. The Morgan fingerprint density at radius 2 is 2.07 bits per heavy atom. The molecule has 1 aliphatic carbocycles. The van der Waals surface area contributed by atoms with Crippen LogP contribution in [0.4, 0.5) is 0 Å². The molecule has 1 aromatic heterocycles. The molecule has 0 spiro atoms. The van der Waals surface area contributed by atoms with Crippen molar-refractivity contribution in [2.75, 3.05) is 6.54 Å². The van der Waals surface area contributed by atoms with E-state index in [0.29, 0.717) is 12.6 Å². The van der Waals surface area contributed by atoms with E-state index in [2.05, 4.69) is 28.6 Å². The van der Waals surface area contributed by atoms with E-state index in [1.54, 1.807) is 0 Å². The molecule has 0 atom stereocenters. The summed E-state index contributed by atoms with van der Waals surface area (Å²) in [6.07, 6.45) is 2.51. The van der Waals surface area contributed by atoms with Gasteiger partial charge in [0, 0.05) is 18.0 Å². The van der Waals surface area contributed by atoms with E-state index >= 15 is 0 Å².